The molecule has 0 unspecified atom stereocenters. The van der Waals surface area contributed by atoms with Crippen molar-refractivity contribution in [3.8, 4) is 0 Å². The highest BCUT2D eigenvalue weighted by Gasteiger charge is 2.26. The number of amides is 2. The molecular weight excluding hydrogens is 398 g/mol. The van der Waals surface area contributed by atoms with Gasteiger partial charge in [0.2, 0.25) is 11.8 Å². The average Bonchev–Trinajstić information content (AvgIpc) is 2.66. The predicted octanol–water partition coefficient (Wildman–Crippen LogP) is 1.83. The normalized spacial score (nSPS) is 11.7. The van der Waals surface area contributed by atoms with Crippen LogP contribution in [0.25, 0.3) is 0 Å². The van der Waals surface area contributed by atoms with E-state index in [9.17, 15) is 9.59 Å². The number of thioether (sulfide) groups is 1. The van der Waals surface area contributed by atoms with E-state index < -0.39 is 5.41 Å². The van der Waals surface area contributed by atoms with Crippen molar-refractivity contribution in [1.82, 2.24) is 20.9 Å². The second kappa shape index (κ2) is 11.8. The van der Waals surface area contributed by atoms with Crippen molar-refractivity contribution in [2.75, 3.05) is 46.5 Å². The Morgan fingerprint density at radius 2 is 1.82 bits per heavy atom. The average molecular weight is 428 g/mol. The summed E-state index contributed by atoms with van der Waals surface area (Å²) in [6.07, 6.45) is 0. The van der Waals surface area contributed by atoms with Gasteiger partial charge in [0.25, 0.3) is 0 Å². The Balaban J connectivity index is 2.61. The van der Waals surface area contributed by atoms with Crippen LogP contribution in [-0.2, 0) is 9.59 Å². The maximum Gasteiger partial charge on any atom is 0.243 e. The van der Waals surface area contributed by atoms with Crippen molar-refractivity contribution in [3.05, 3.63) is 29.3 Å². The van der Waals surface area contributed by atoms with Gasteiger partial charge >= 0.3 is 0 Å². The molecule has 9 heteroatoms. The van der Waals surface area contributed by atoms with Crippen LogP contribution in [0.2, 0.25) is 5.02 Å². The van der Waals surface area contributed by atoms with E-state index in [0.717, 1.165) is 10.6 Å². The summed E-state index contributed by atoms with van der Waals surface area (Å²) in [7, 11) is 4.99. The van der Waals surface area contributed by atoms with Gasteiger partial charge in [-0.1, -0.05) is 11.6 Å². The maximum atomic E-state index is 12.0. The first-order chi connectivity index (χ1) is 13.2. The number of guanidine groups is 1. The fraction of sp³-hybridized carbons (Fsp3) is 0.526. The fourth-order valence-corrected chi connectivity index (χ4v) is 2.95. The molecule has 0 aliphatic heterocycles. The van der Waals surface area contributed by atoms with Gasteiger partial charge in [0.1, 0.15) is 6.54 Å². The monoisotopic (exact) mass is 427 g/mol. The Hall–Kier alpha value is -1.93. The molecule has 28 heavy (non-hydrogen) atoms. The number of nitrogens with one attached hydrogen (secondary N) is 3. The number of likely N-dealkylation sites (N-methyl/N-ethyl adjacent to an activating group) is 1. The number of benzene rings is 1. The van der Waals surface area contributed by atoms with Crippen LogP contribution >= 0.6 is 23.4 Å². The van der Waals surface area contributed by atoms with E-state index >= 15 is 0 Å². The van der Waals surface area contributed by atoms with E-state index in [0.29, 0.717) is 24.1 Å². The number of hydrogen-bond acceptors (Lipinski definition) is 4. The SMILES string of the molecule is CNC(=O)C(C)(C)CNC(=NCC(=O)N(C)C)NCCSc1ccc(Cl)cc1. The Labute approximate surface area is 176 Å². The molecule has 0 saturated carbocycles. The number of halogens is 1. The zero-order valence-corrected chi connectivity index (χ0v) is 18.7. The van der Waals surface area contributed by atoms with Crippen LogP contribution in [0.4, 0.5) is 0 Å². The summed E-state index contributed by atoms with van der Waals surface area (Å²) in [4.78, 5) is 30.7. The summed E-state index contributed by atoms with van der Waals surface area (Å²) in [5, 5.41) is 9.74. The Morgan fingerprint density at radius 1 is 1.18 bits per heavy atom. The number of nitrogens with zero attached hydrogens (tertiary/aromatic N) is 2. The number of carbonyl (C=O) groups is 2. The number of aliphatic imine (C=N–C) groups is 1. The molecule has 3 N–H and O–H groups in total. The summed E-state index contributed by atoms with van der Waals surface area (Å²) in [5.41, 5.74) is -0.610. The standard InChI is InChI=1S/C19H30ClN5O2S/c1-19(2,17(27)21-3)13-24-18(23-12-16(26)25(4)5)22-10-11-28-15-8-6-14(20)7-9-15/h6-9H,10-13H2,1-5H3,(H,21,27)(H2,22,23,24). The van der Waals surface area contributed by atoms with E-state index in [-0.39, 0.29) is 18.4 Å². The molecule has 0 radical (unpaired) electrons. The molecule has 156 valence electrons. The van der Waals surface area contributed by atoms with Crippen molar-refractivity contribution >= 4 is 41.1 Å². The van der Waals surface area contributed by atoms with E-state index in [1.165, 1.54) is 4.90 Å². The quantitative estimate of drug-likeness (QED) is 0.242. The predicted molar refractivity (Wildman–Crippen MR) is 117 cm³/mol. The van der Waals surface area contributed by atoms with Crippen LogP contribution in [0, 0.1) is 5.41 Å². The van der Waals surface area contributed by atoms with Crippen LogP contribution < -0.4 is 16.0 Å². The second-order valence-corrected chi connectivity index (χ2v) is 8.60. The number of carbonyl (C=O) groups excluding carboxylic acids is 2. The molecule has 0 aromatic heterocycles. The van der Waals surface area contributed by atoms with Gasteiger partial charge in [0, 0.05) is 49.9 Å². The molecule has 1 aromatic carbocycles. The summed E-state index contributed by atoms with van der Waals surface area (Å²) in [5.74, 6) is 1.15. The lowest BCUT2D eigenvalue weighted by Gasteiger charge is -2.24. The first kappa shape index (κ1) is 24.1. The van der Waals surface area contributed by atoms with Crippen LogP contribution in [-0.4, -0.2) is 69.2 Å². The lowest BCUT2D eigenvalue weighted by atomic mass is 9.92. The summed E-state index contributed by atoms with van der Waals surface area (Å²) >= 11 is 7.59. The molecular formula is C19H30ClN5O2S. The first-order valence-corrected chi connectivity index (χ1v) is 10.3. The minimum absolute atomic E-state index is 0.0348. The lowest BCUT2D eigenvalue weighted by molar-refractivity contribution is -0.128. The van der Waals surface area contributed by atoms with Gasteiger partial charge < -0.3 is 20.9 Å². The van der Waals surface area contributed by atoms with Crippen LogP contribution in [0.3, 0.4) is 0 Å². The van der Waals surface area contributed by atoms with Crippen molar-refractivity contribution in [2.24, 2.45) is 10.4 Å². The zero-order chi connectivity index (χ0) is 21.2. The minimum atomic E-state index is -0.610. The van der Waals surface area contributed by atoms with Crippen molar-refractivity contribution in [3.63, 3.8) is 0 Å². The molecule has 2 amide bonds. The van der Waals surface area contributed by atoms with Crippen molar-refractivity contribution in [1.29, 1.82) is 0 Å². The molecule has 0 aliphatic rings. The second-order valence-electron chi connectivity index (χ2n) is 7.00. The van der Waals surface area contributed by atoms with Gasteiger partial charge in [-0.15, -0.1) is 11.8 Å². The molecule has 0 heterocycles. The van der Waals surface area contributed by atoms with Crippen LogP contribution in [0.1, 0.15) is 13.8 Å². The van der Waals surface area contributed by atoms with Crippen LogP contribution in [0.15, 0.2) is 34.2 Å². The van der Waals surface area contributed by atoms with E-state index in [1.807, 2.05) is 38.1 Å². The fourth-order valence-electron chi connectivity index (χ4n) is 2.05. The van der Waals surface area contributed by atoms with E-state index in [4.69, 9.17) is 11.6 Å². The molecule has 7 nitrogen and oxygen atoms in total. The third-order valence-electron chi connectivity index (χ3n) is 3.89. The van der Waals surface area contributed by atoms with Gasteiger partial charge in [0.05, 0.1) is 5.41 Å². The van der Waals surface area contributed by atoms with E-state index in [2.05, 4.69) is 20.9 Å². The Bertz CT molecular complexity index is 677. The highest BCUT2D eigenvalue weighted by Crippen LogP contribution is 2.19. The third kappa shape index (κ3) is 8.84. The topological polar surface area (TPSA) is 85.8 Å². The first-order valence-electron chi connectivity index (χ1n) is 8.98. The molecule has 0 atom stereocenters. The van der Waals surface area contributed by atoms with Gasteiger partial charge in [-0.25, -0.2) is 4.99 Å². The summed E-state index contributed by atoms with van der Waals surface area (Å²) in [6.45, 7) is 4.76. The minimum Gasteiger partial charge on any atom is -0.359 e. The molecule has 0 spiro atoms. The summed E-state index contributed by atoms with van der Waals surface area (Å²) in [6, 6.07) is 7.67. The molecule has 0 aliphatic carbocycles. The van der Waals surface area contributed by atoms with Gasteiger partial charge in [0.15, 0.2) is 5.96 Å². The molecule has 1 rings (SSSR count). The molecule has 1 aromatic rings. The van der Waals surface area contributed by atoms with Gasteiger partial charge in [-0.3, -0.25) is 9.59 Å². The van der Waals surface area contributed by atoms with Gasteiger partial charge in [-0.05, 0) is 38.1 Å². The largest absolute Gasteiger partial charge is 0.359 e. The highest BCUT2D eigenvalue weighted by atomic mass is 35.5. The maximum absolute atomic E-state index is 12.0. The number of rotatable bonds is 9. The van der Waals surface area contributed by atoms with Gasteiger partial charge in [-0.2, -0.15) is 0 Å². The highest BCUT2D eigenvalue weighted by molar-refractivity contribution is 7.99. The lowest BCUT2D eigenvalue weighted by Crippen LogP contribution is -2.47. The Morgan fingerprint density at radius 3 is 2.39 bits per heavy atom. The van der Waals surface area contributed by atoms with Crippen LogP contribution in [0.5, 0.6) is 0 Å². The Kier molecular flexibility index (Phi) is 10.2. The van der Waals surface area contributed by atoms with E-state index in [1.54, 1.807) is 32.9 Å². The number of hydrogen-bond donors (Lipinski definition) is 3. The molecule has 0 saturated heterocycles. The van der Waals surface area contributed by atoms with Crippen molar-refractivity contribution < 1.29 is 9.59 Å². The summed E-state index contributed by atoms with van der Waals surface area (Å²) < 4.78 is 0. The van der Waals surface area contributed by atoms with Crippen molar-refractivity contribution in [2.45, 2.75) is 18.7 Å². The zero-order valence-electron chi connectivity index (χ0n) is 17.1. The molecule has 0 fully saturated rings. The third-order valence-corrected chi connectivity index (χ3v) is 5.15. The smallest absolute Gasteiger partial charge is 0.243 e. The molecule has 0 bridgehead atoms.